The lowest BCUT2D eigenvalue weighted by Gasteiger charge is -2.25. The van der Waals surface area contributed by atoms with Crippen LogP contribution in [0.1, 0.15) is 12.8 Å². The Balaban J connectivity index is 1.36. The molecule has 0 spiro atoms. The number of hydrogen-bond acceptors (Lipinski definition) is 6. The van der Waals surface area contributed by atoms with Crippen molar-refractivity contribution >= 4 is 23.5 Å². The second-order valence-corrected chi connectivity index (χ2v) is 6.82. The van der Waals surface area contributed by atoms with E-state index in [9.17, 15) is 9.59 Å². The Hall–Kier alpha value is -1.31. The fraction of sp³-hybridized carbons (Fsp3) is 0.600. The topological polar surface area (TPSA) is 70.7 Å². The Morgan fingerprint density at radius 2 is 2.27 bits per heavy atom. The van der Waals surface area contributed by atoms with Gasteiger partial charge in [-0.1, -0.05) is 17.8 Å². The van der Waals surface area contributed by atoms with Gasteiger partial charge < -0.3 is 15.4 Å². The first kappa shape index (κ1) is 15.6. The van der Waals surface area contributed by atoms with E-state index in [1.807, 2.05) is 6.08 Å². The molecule has 0 saturated carbocycles. The molecule has 2 fully saturated rings. The van der Waals surface area contributed by atoms with Gasteiger partial charge in [-0.3, -0.25) is 14.5 Å². The molecule has 1 amide bonds. The van der Waals surface area contributed by atoms with E-state index in [1.165, 1.54) is 0 Å². The second kappa shape index (κ2) is 7.30. The third kappa shape index (κ3) is 4.12. The van der Waals surface area contributed by atoms with E-state index < -0.39 is 0 Å². The first-order valence-corrected chi connectivity index (χ1v) is 8.54. The number of ether oxygens (including phenoxy) is 1. The Morgan fingerprint density at radius 3 is 3.09 bits per heavy atom. The van der Waals surface area contributed by atoms with Gasteiger partial charge in [-0.2, -0.15) is 0 Å². The molecule has 1 atom stereocenters. The maximum atomic E-state index is 11.9. The number of nitrogens with zero attached hydrogens (tertiary/aromatic N) is 1. The largest absolute Gasteiger partial charge is 0.379 e. The van der Waals surface area contributed by atoms with Gasteiger partial charge in [-0.25, -0.2) is 0 Å². The molecule has 0 bridgehead atoms. The van der Waals surface area contributed by atoms with E-state index in [-0.39, 0.29) is 17.1 Å². The van der Waals surface area contributed by atoms with Gasteiger partial charge in [0.2, 0.25) is 5.91 Å². The molecule has 1 unspecified atom stereocenters. The predicted molar refractivity (Wildman–Crippen MR) is 85.2 cm³/mol. The molecule has 0 radical (unpaired) electrons. The smallest absolute Gasteiger partial charge is 0.234 e. The standard InChI is InChI=1S/C15H21N3O3S/c19-11-1-2-12-13(9-11)22-15(17-12)3-4-16-14(20)10-18-5-7-21-8-6-18/h2,9,15,17H,1,3-8,10H2,(H,16,20). The van der Waals surface area contributed by atoms with Crippen molar-refractivity contribution in [1.29, 1.82) is 0 Å². The summed E-state index contributed by atoms with van der Waals surface area (Å²) in [5.74, 6) is 0.225. The first-order valence-electron chi connectivity index (χ1n) is 7.66. The average Bonchev–Trinajstić information content (AvgIpc) is 2.90. The van der Waals surface area contributed by atoms with Crippen LogP contribution < -0.4 is 10.6 Å². The van der Waals surface area contributed by atoms with E-state index in [4.69, 9.17) is 4.74 Å². The van der Waals surface area contributed by atoms with Crippen LogP contribution in [0, 0.1) is 0 Å². The third-order valence-electron chi connectivity index (χ3n) is 3.85. The highest BCUT2D eigenvalue weighted by molar-refractivity contribution is 8.04. The maximum absolute atomic E-state index is 11.9. The van der Waals surface area contributed by atoms with Crippen molar-refractivity contribution in [2.45, 2.75) is 18.2 Å². The Kier molecular flexibility index (Phi) is 5.17. The van der Waals surface area contributed by atoms with E-state index in [0.717, 1.165) is 30.1 Å². The van der Waals surface area contributed by atoms with Crippen LogP contribution in [0.15, 0.2) is 22.8 Å². The minimum Gasteiger partial charge on any atom is -0.379 e. The van der Waals surface area contributed by atoms with Crippen molar-refractivity contribution < 1.29 is 14.3 Å². The number of rotatable bonds is 5. The zero-order chi connectivity index (χ0) is 15.4. The zero-order valence-corrected chi connectivity index (χ0v) is 13.3. The van der Waals surface area contributed by atoms with Gasteiger partial charge in [0.05, 0.1) is 25.1 Å². The number of carbonyl (C=O) groups excluding carboxylic acids is 2. The minimum atomic E-state index is 0.0657. The van der Waals surface area contributed by atoms with Crippen molar-refractivity contribution in [2.24, 2.45) is 0 Å². The molecule has 22 heavy (non-hydrogen) atoms. The van der Waals surface area contributed by atoms with Gasteiger partial charge in [0.15, 0.2) is 5.78 Å². The number of allylic oxidation sites excluding steroid dienone is 2. The Morgan fingerprint density at radius 1 is 1.45 bits per heavy atom. The summed E-state index contributed by atoms with van der Waals surface area (Å²) in [6, 6.07) is 0. The molecule has 1 aliphatic carbocycles. The first-order chi connectivity index (χ1) is 10.7. The van der Waals surface area contributed by atoms with Crippen LogP contribution in [0.4, 0.5) is 0 Å². The number of amides is 1. The SMILES string of the molecule is O=C1C=C2SC(CCNC(=O)CN3CCOCC3)NC2=CC1. The third-order valence-corrected chi connectivity index (χ3v) is 5.08. The van der Waals surface area contributed by atoms with Gasteiger partial charge in [0.1, 0.15) is 0 Å². The normalized spacial score (nSPS) is 25.1. The highest BCUT2D eigenvalue weighted by atomic mass is 32.2. The minimum absolute atomic E-state index is 0.0657. The number of fused-ring (bicyclic) bond motifs is 1. The van der Waals surface area contributed by atoms with Gasteiger partial charge in [0, 0.05) is 36.7 Å². The van der Waals surface area contributed by atoms with E-state index in [1.54, 1.807) is 17.8 Å². The zero-order valence-electron chi connectivity index (χ0n) is 12.5. The fourth-order valence-corrected chi connectivity index (χ4v) is 3.86. The molecule has 3 rings (SSSR count). The molecule has 3 aliphatic rings. The van der Waals surface area contributed by atoms with Gasteiger partial charge >= 0.3 is 0 Å². The Labute approximate surface area is 134 Å². The summed E-state index contributed by atoms with van der Waals surface area (Å²) in [4.78, 5) is 26.4. The molecule has 2 aliphatic heterocycles. The fourth-order valence-electron chi connectivity index (χ4n) is 2.66. The van der Waals surface area contributed by atoms with Crippen LogP contribution in [0.2, 0.25) is 0 Å². The number of thioether (sulfide) groups is 1. The summed E-state index contributed by atoms with van der Waals surface area (Å²) in [5, 5.41) is 6.59. The van der Waals surface area contributed by atoms with Gasteiger partial charge in [0.25, 0.3) is 0 Å². The van der Waals surface area contributed by atoms with E-state index >= 15 is 0 Å². The van der Waals surface area contributed by atoms with Crippen molar-refractivity contribution in [3.05, 3.63) is 22.8 Å². The molecule has 2 saturated heterocycles. The Bertz CT molecular complexity index is 512. The number of ketones is 1. The van der Waals surface area contributed by atoms with Crippen molar-refractivity contribution in [2.75, 3.05) is 39.4 Å². The highest BCUT2D eigenvalue weighted by Crippen LogP contribution is 2.37. The van der Waals surface area contributed by atoms with Crippen LogP contribution in [-0.4, -0.2) is 61.4 Å². The molecule has 0 aromatic rings. The molecule has 120 valence electrons. The predicted octanol–water partition coefficient (Wildman–Crippen LogP) is 0.228. The monoisotopic (exact) mass is 323 g/mol. The summed E-state index contributed by atoms with van der Waals surface area (Å²) in [6.07, 6.45) is 4.98. The number of nitrogens with one attached hydrogen (secondary N) is 2. The van der Waals surface area contributed by atoms with Gasteiger partial charge in [-0.05, 0) is 12.5 Å². The number of hydrogen-bond donors (Lipinski definition) is 2. The summed E-state index contributed by atoms with van der Waals surface area (Å²) in [6.45, 7) is 4.15. The lowest BCUT2D eigenvalue weighted by molar-refractivity contribution is -0.123. The molecule has 0 aromatic carbocycles. The summed E-state index contributed by atoms with van der Waals surface area (Å²) in [5.41, 5.74) is 1.06. The molecule has 6 nitrogen and oxygen atoms in total. The quantitative estimate of drug-likeness (QED) is 0.755. The lowest BCUT2D eigenvalue weighted by Crippen LogP contribution is -2.43. The van der Waals surface area contributed by atoms with Crippen LogP contribution in [-0.2, 0) is 14.3 Å². The van der Waals surface area contributed by atoms with Crippen LogP contribution in [0.25, 0.3) is 0 Å². The van der Waals surface area contributed by atoms with Gasteiger partial charge in [-0.15, -0.1) is 0 Å². The summed E-state index contributed by atoms with van der Waals surface area (Å²) >= 11 is 1.67. The molecule has 2 heterocycles. The molecule has 0 aromatic heterocycles. The van der Waals surface area contributed by atoms with E-state index in [2.05, 4.69) is 15.5 Å². The van der Waals surface area contributed by atoms with Crippen molar-refractivity contribution in [3.8, 4) is 0 Å². The highest BCUT2D eigenvalue weighted by Gasteiger charge is 2.26. The molecule has 7 heteroatoms. The van der Waals surface area contributed by atoms with Crippen LogP contribution in [0.3, 0.4) is 0 Å². The lowest BCUT2D eigenvalue weighted by atomic mass is 10.1. The molecule has 2 N–H and O–H groups in total. The van der Waals surface area contributed by atoms with Crippen molar-refractivity contribution in [3.63, 3.8) is 0 Å². The molecular weight excluding hydrogens is 302 g/mol. The number of carbonyl (C=O) groups is 2. The second-order valence-electron chi connectivity index (χ2n) is 5.57. The van der Waals surface area contributed by atoms with Crippen LogP contribution >= 0.6 is 11.8 Å². The maximum Gasteiger partial charge on any atom is 0.234 e. The average molecular weight is 323 g/mol. The van der Waals surface area contributed by atoms with Crippen LogP contribution in [0.5, 0.6) is 0 Å². The summed E-state index contributed by atoms with van der Waals surface area (Å²) in [7, 11) is 0. The summed E-state index contributed by atoms with van der Waals surface area (Å²) < 4.78 is 5.26. The number of morpholine rings is 1. The molecular formula is C15H21N3O3S. The van der Waals surface area contributed by atoms with E-state index in [0.29, 0.717) is 32.7 Å². The van der Waals surface area contributed by atoms with Crippen molar-refractivity contribution in [1.82, 2.24) is 15.5 Å².